The van der Waals surface area contributed by atoms with Crippen LogP contribution in [0.25, 0.3) is 6.08 Å². The van der Waals surface area contributed by atoms with E-state index in [0.29, 0.717) is 52.1 Å². The summed E-state index contributed by atoms with van der Waals surface area (Å²) in [5.74, 6) is 1.19. The molecule has 0 aliphatic carbocycles. The maximum Gasteiger partial charge on any atom is 0.266 e. The number of hydrogen-bond acceptors (Lipinski definition) is 6. The molecule has 164 valence electrons. The fourth-order valence-corrected chi connectivity index (χ4v) is 4.39. The fourth-order valence-electron chi connectivity index (χ4n) is 2.95. The van der Waals surface area contributed by atoms with Gasteiger partial charge in [-0.3, -0.25) is 9.69 Å². The molecule has 0 unspecified atom stereocenters. The van der Waals surface area contributed by atoms with E-state index in [-0.39, 0.29) is 5.91 Å². The minimum atomic E-state index is -0.0767. The summed E-state index contributed by atoms with van der Waals surface area (Å²) in [7, 11) is 1.64. The van der Waals surface area contributed by atoms with E-state index in [4.69, 9.17) is 38.0 Å². The normalized spacial score (nSPS) is 15.1. The maximum absolute atomic E-state index is 12.7. The first-order valence-corrected chi connectivity index (χ1v) is 11.5. The monoisotopic (exact) mass is 477 g/mol. The number of benzene rings is 2. The lowest BCUT2D eigenvalue weighted by Gasteiger charge is -2.14. The van der Waals surface area contributed by atoms with Gasteiger partial charge in [-0.1, -0.05) is 53.8 Å². The summed E-state index contributed by atoms with van der Waals surface area (Å²) in [5, 5.41) is 0.687. The van der Waals surface area contributed by atoms with Crippen molar-refractivity contribution in [2.75, 3.05) is 26.9 Å². The molecule has 3 rings (SSSR count). The Kier molecular flexibility index (Phi) is 8.78. The van der Waals surface area contributed by atoms with Gasteiger partial charge in [0.15, 0.2) is 11.5 Å². The van der Waals surface area contributed by atoms with Crippen molar-refractivity contribution in [2.45, 2.75) is 20.0 Å². The summed E-state index contributed by atoms with van der Waals surface area (Å²) in [6.07, 6.45) is 2.57. The zero-order valence-corrected chi connectivity index (χ0v) is 19.8. The van der Waals surface area contributed by atoms with Crippen LogP contribution in [-0.4, -0.2) is 42.0 Å². The molecule has 0 spiro atoms. The van der Waals surface area contributed by atoms with E-state index < -0.39 is 0 Å². The predicted octanol–water partition coefficient (Wildman–Crippen LogP) is 5.56. The second kappa shape index (κ2) is 11.5. The zero-order chi connectivity index (χ0) is 22.2. The van der Waals surface area contributed by atoms with Crippen LogP contribution in [0.2, 0.25) is 5.02 Å². The third-order valence-corrected chi connectivity index (χ3v) is 6.11. The van der Waals surface area contributed by atoms with Crippen molar-refractivity contribution in [2.24, 2.45) is 0 Å². The van der Waals surface area contributed by atoms with Gasteiger partial charge in [-0.05, 0) is 54.8 Å². The van der Waals surface area contributed by atoms with Crippen molar-refractivity contribution in [3.8, 4) is 11.5 Å². The third-order valence-electron chi connectivity index (χ3n) is 4.48. The van der Waals surface area contributed by atoms with Crippen molar-refractivity contribution in [3.05, 3.63) is 63.5 Å². The van der Waals surface area contributed by atoms with Crippen LogP contribution in [0.3, 0.4) is 0 Å². The molecule has 0 bridgehead atoms. The Balaban J connectivity index is 1.73. The van der Waals surface area contributed by atoms with Crippen LogP contribution in [0.4, 0.5) is 0 Å². The van der Waals surface area contributed by atoms with Gasteiger partial charge in [0.25, 0.3) is 5.91 Å². The third kappa shape index (κ3) is 6.46. The lowest BCUT2D eigenvalue weighted by atomic mass is 10.1. The molecule has 8 heteroatoms. The number of hydrogen-bond donors (Lipinski definition) is 0. The number of methoxy groups -OCH3 is 1. The zero-order valence-electron chi connectivity index (χ0n) is 17.4. The first-order chi connectivity index (χ1) is 15.0. The molecular weight excluding hydrogens is 454 g/mol. The Bertz CT molecular complexity index is 963. The topological polar surface area (TPSA) is 48.0 Å². The largest absolute Gasteiger partial charge is 0.490 e. The number of amides is 1. The van der Waals surface area contributed by atoms with E-state index in [9.17, 15) is 4.79 Å². The Labute approximate surface area is 197 Å². The van der Waals surface area contributed by atoms with E-state index in [2.05, 4.69) is 0 Å². The molecule has 0 N–H and O–H groups in total. The molecule has 5 nitrogen and oxygen atoms in total. The second-order valence-electron chi connectivity index (χ2n) is 6.73. The minimum Gasteiger partial charge on any atom is -0.490 e. The fraction of sp³-hybridized carbons (Fsp3) is 0.304. The molecule has 0 atom stereocenters. The lowest BCUT2D eigenvalue weighted by molar-refractivity contribution is -0.122. The summed E-state index contributed by atoms with van der Waals surface area (Å²) < 4.78 is 17.3. The Morgan fingerprint density at radius 1 is 1.13 bits per heavy atom. The predicted molar refractivity (Wildman–Crippen MR) is 130 cm³/mol. The molecule has 1 aliphatic rings. The number of carbonyl (C=O) groups excluding carboxylic acids is 1. The highest BCUT2D eigenvalue weighted by Crippen LogP contribution is 2.35. The van der Waals surface area contributed by atoms with Gasteiger partial charge in [-0.2, -0.15) is 0 Å². The van der Waals surface area contributed by atoms with E-state index in [0.717, 1.165) is 17.5 Å². The van der Waals surface area contributed by atoms with Gasteiger partial charge in [-0.15, -0.1) is 0 Å². The first-order valence-electron chi connectivity index (χ1n) is 9.90. The maximum atomic E-state index is 12.7. The Morgan fingerprint density at radius 2 is 1.90 bits per heavy atom. The summed E-state index contributed by atoms with van der Waals surface area (Å²) >= 11 is 12.6. The molecule has 1 heterocycles. The molecule has 1 aliphatic heterocycles. The number of ether oxygens (including phenoxy) is 3. The average molecular weight is 478 g/mol. The molecule has 31 heavy (non-hydrogen) atoms. The average Bonchev–Trinajstić information content (AvgIpc) is 3.02. The van der Waals surface area contributed by atoms with Crippen molar-refractivity contribution in [1.29, 1.82) is 0 Å². The number of nitrogens with zero attached hydrogens (tertiary/aromatic N) is 1. The van der Waals surface area contributed by atoms with Gasteiger partial charge in [-0.25, -0.2) is 0 Å². The van der Waals surface area contributed by atoms with Crippen LogP contribution in [0, 0.1) is 0 Å². The standard InChI is InChI=1S/C23H24ClNO4S2/c1-3-28-20-13-17(7-10-19(20)29-15-16-5-8-18(24)9-6-16)14-21-22(26)25(23(30)31-21)11-4-12-27-2/h5-10,13-14H,3-4,11-12,15H2,1-2H3. The van der Waals surface area contributed by atoms with Gasteiger partial charge >= 0.3 is 0 Å². The van der Waals surface area contributed by atoms with Crippen molar-refractivity contribution in [3.63, 3.8) is 0 Å². The van der Waals surface area contributed by atoms with Crippen LogP contribution in [-0.2, 0) is 16.1 Å². The molecule has 2 aromatic carbocycles. The number of rotatable bonds is 10. The van der Waals surface area contributed by atoms with Gasteiger partial charge in [0.05, 0.1) is 11.5 Å². The number of halogens is 1. The van der Waals surface area contributed by atoms with Gasteiger partial charge in [0, 0.05) is 25.3 Å². The van der Waals surface area contributed by atoms with Gasteiger partial charge in [0.2, 0.25) is 0 Å². The number of thiocarbonyl (C=S) groups is 1. The molecule has 0 radical (unpaired) electrons. The lowest BCUT2D eigenvalue weighted by Crippen LogP contribution is -2.29. The number of carbonyl (C=O) groups is 1. The van der Waals surface area contributed by atoms with E-state index >= 15 is 0 Å². The van der Waals surface area contributed by atoms with Crippen LogP contribution >= 0.6 is 35.6 Å². The SMILES string of the molecule is CCOc1cc(C=C2SC(=S)N(CCCOC)C2=O)ccc1OCc1ccc(Cl)cc1. The van der Waals surface area contributed by atoms with Crippen LogP contribution in [0.1, 0.15) is 24.5 Å². The van der Waals surface area contributed by atoms with Crippen LogP contribution in [0.5, 0.6) is 11.5 Å². The van der Waals surface area contributed by atoms with E-state index in [1.807, 2.05) is 55.5 Å². The van der Waals surface area contributed by atoms with Crippen LogP contribution in [0.15, 0.2) is 47.4 Å². The van der Waals surface area contributed by atoms with Crippen molar-refractivity contribution in [1.82, 2.24) is 4.90 Å². The highest BCUT2D eigenvalue weighted by Gasteiger charge is 2.31. The molecule has 2 aromatic rings. The molecule has 1 fully saturated rings. The minimum absolute atomic E-state index is 0.0767. The molecule has 0 aromatic heterocycles. The van der Waals surface area contributed by atoms with E-state index in [1.54, 1.807) is 12.0 Å². The quantitative estimate of drug-likeness (QED) is 0.254. The van der Waals surface area contributed by atoms with Crippen molar-refractivity contribution >= 4 is 51.9 Å². The highest BCUT2D eigenvalue weighted by atomic mass is 35.5. The van der Waals surface area contributed by atoms with Crippen molar-refractivity contribution < 1.29 is 19.0 Å². The molecule has 1 amide bonds. The first kappa shape index (κ1) is 23.6. The Morgan fingerprint density at radius 3 is 2.61 bits per heavy atom. The van der Waals surface area contributed by atoms with Gasteiger partial charge < -0.3 is 14.2 Å². The van der Waals surface area contributed by atoms with Gasteiger partial charge in [0.1, 0.15) is 10.9 Å². The molecule has 0 saturated carbocycles. The number of thioether (sulfide) groups is 1. The van der Waals surface area contributed by atoms with E-state index in [1.165, 1.54) is 11.8 Å². The second-order valence-corrected chi connectivity index (χ2v) is 8.85. The van der Waals surface area contributed by atoms with Crippen LogP contribution < -0.4 is 9.47 Å². The highest BCUT2D eigenvalue weighted by molar-refractivity contribution is 8.26. The Hall–Kier alpha value is -2.06. The summed E-state index contributed by atoms with van der Waals surface area (Å²) in [4.78, 5) is 14.9. The smallest absolute Gasteiger partial charge is 0.266 e. The summed E-state index contributed by atoms with van der Waals surface area (Å²) in [6.45, 7) is 3.96. The molecular formula is C23H24ClNO4S2. The summed E-state index contributed by atoms with van der Waals surface area (Å²) in [6, 6.07) is 13.1. The summed E-state index contributed by atoms with van der Waals surface area (Å²) in [5.41, 5.74) is 1.85. The molecule has 1 saturated heterocycles.